The lowest BCUT2D eigenvalue weighted by molar-refractivity contribution is -0.130. The summed E-state index contributed by atoms with van der Waals surface area (Å²) in [5.74, 6) is 0.921. The first-order valence-corrected chi connectivity index (χ1v) is 7.30. The van der Waals surface area contributed by atoms with Gasteiger partial charge in [-0.25, -0.2) is 0 Å². The predicted octanol–water partition coefficient (Wildman–Crippen LogP) is 2.88. The fourth-order valence-electron chi connectivity index (χ4n) is 2.27. The molecule has 2 rings (SSSR count). The van der Waals surface area contributed by atoms with Gasteiger partial charge in [-0.2, -0.15) is 0 Å². The van der Waals surface area contributed by atoms with Crippen LogP contribution in [0, 0.1) is 0 Å². The summed E-state index contributed by atoms with van der Waals surface area (Å²) in [4.78, 5) is 14.1. The van der Waals surface area contributed by atoms with Gasteiger partial charge in [0.1, 0.15) is 11.8 Å². The number of nitrogens with zero attached hydrogens (tertiary/aromatic N) is 1. The van der Waals surface area contributed by atoms with Gasteiger partial charge in [-0.05, 0) is 47.8 Å². The Kier molecular flexibility index (Phi) is 4.69. The molecule has 1 aliphatic heterocycles. The van der Waals surface area contributed by atoms with Crippen LogP contribution in [0.1, 0.15) is 19.8 Å². The van der Waals surface area contributed by atoms with Crippen LogP contribution in [0.3, 0.4) is 0 Å². The molecule has 1 N–H and O–H groups in total. The van der Waals surface area contributed by atoms with E-state index in [4.69, 9.17) is 4.74 Å². The molecule has 1 aromatic rings. The molecule has 0 aromatic heterocycles. The molecule has 1 aliphatic rings. The first-order chi connectivity index (χ1) is 9.11. The van der Waals surface area contributed by atoms with Crippen molar-refractivity contribution in [3.8, 4) is 5.75 Å². The van der Waals surface area contributed by atoms with Gasteiger partial charge in [-0.15, -0.1) is 0 Å². The van der Waals surface area contributed by atoms with E-state index in [1.54, 1.807) is 7.11 Å². The largest absolute Gasteiger partial charge is 0.495 e. The van der Waals surface area contributed by atoms with Crippen molar-refractivity contribution in [3.05, 3.63) is 22.7 Å². The number of benzene rings is 1. The van der Waals surface area contributed by atoms with Gasteiger partial charge in [0.2, 0.25) is 5.91 Å². The third kappa shape index (κ3) is 3.41. The molecule has 1 unspecified atom stereocenters. The van der Waals surface area contributed by atoms with Crippen LogP contribution in [0.5, 0.6) is 5.75 Å². The zero-order chi connectivity index (χ0) is 13.8. The Morgan fingerprint density at radius 1 is 1.42 bits per heavy atom. The number of carbonyl (C=O) groups is 1. The molecule has 19 heavy (non-hydrogen) atoms. The van der Waals surface area contributed by atoms with Crippen LogP contribution in [0.2, 0.25) is 0 Å². The molecule has 1 amide bonds. The normalized spacial score (nSPS) is 16.3. The molecule has 0 radical (unpaired) electrons. The van der Waals surface area contributed by atoms with E-state index in [2.05, 4.69) is 21.2 Å². The van der Waals surface area contributed by atoms with Crippen LogP contribution < -0.4 is 10.1 Å². The van der Waals surface area contributed by atoms with E-state index in [0.29, 0.717) is 0 Å². The molecule has 1 saturated heterocycles. The lowest BCUT2D eigenvalue weighted by Crippen LogP contribution is -2.39. The topological polar surface area (TPSA) is 41.6 Å². The molecule has 0 bridgehead atoms. The van der Waals surface area contributed by atoms with Gasteiger partial charge in [0, 0.05) is 24.8 Å². The van der Waals surface area contributed by atoms with Gasteiger partial charge >= 0.3 is 0 Å². The first kappa shape index (κ1) is 14.2. The molecule has 1 fully saturated rings. The maximum absolute atomic E-state index is 12.2. The fourth-order valence-corrected chi connectivity index (χ4v) is 2.68. The van der Waals surface area contributed by atoms with Crippen molar-refractivity contribution in [3.63, 3.8) is 0 Å². The van der Waals surface area contributed by atoms with E-state index in [1.807, 2.05) is 30.0 Å². The zero-order valence-electron chi connectivity index (χ0n) is 11.3. The second kappa shape index (κ2) is 6.28. The Morgan fingerprint density at radius 2 is 2.11 bits per heavy atom. The standard InChI is InChI=1S/C14H19BrN2O2/c1-10(14(18)17-7-3-4-8-17)16-11-5-6-12(15)13(9-11)19-2/h5-6,9-10,16H,3-4,7-8H2,1-2H3. The Morgan fingerprint density at radius 3 is 2.74 bits per heavy atom. The van der Waals surface area contributed by atoms with Crippen molar-refractivity contribution >= 4 is 27.5 Å². The van der Waals surface area contributed by atoms with Gasteiger partial charge in [0.05, 0.1) is 11.6 Å². The Labute approximate surface area is 122 Å². The molecular weight excluding hydrogens is 308 g/mol. The van der Waals surface area contributed by atoms with Crippen LogP contribution in [-0.2, 0) is 4.79 Å². The number of likely N-dealkylation sites (tertiary alicyclic amines) is 1. The van der Waals surface area contributed by atoms with E-state index < -0.39 is 0 Å². The molecular formula is C14H19BrN2O2. The molecule has 104 valence electrons. The number of ether oxygens (including phenoxy) is 1. The predicted molar refractivity (Wildman–Crippen MR) is 79.6 cm³/mol. The van der Waals surface area contributed by atoms with Crippen molar-refractivity contribution in [2.24, 2.45) is 0 Å². The summed E-state index contributed by atoms with van der Waals surface area (Å²) in [5, 5.41) is 3.23. The summed E-state index contributed by atoms with van der Waals surface area (Å²) in [6.45, 7) is 3.66. The number of nitrogens with one attached hydrogen (secondary N) is 1. The van der Waals surface area contributed by atoms with E-state index in [-0.39, 0.29) is 11.9 Å². The van der Waals surface area contributed by atoms with E-state index >= 15 is 0 Å². The highest BCUT2D eigenvalue weighted by Crippen LogP contribution is 2.28. The average molecular weight is 327 g/mol. The maximum Gasteiger partial charge on any atom is 0.244 e. The number of anilines is 1. The van der Waals surface area contributed by atoms with Crippen molar-refractivity contribution in [1.29, 1.82) is 0 Å². The van der Waals surface area contributed by atoms with Crippen molar-refractivity contribution < 1.29 is 9.53 Å². The average Bonchev–Trinajstić information content (AvgIpc) is 2.94. The van der Waals surface area contributed by atoms with E-state index in [9.17, 15) is 4.79 Å². The third-order valence-electron chi connectivity index (χ3n) is 3.32. The second-order valence-corrected chi connectivity index (χ2v) is 5.60. The molecule has 1 heterocycles. The monoisotopic (exact) mass is 326 g/mol. The Bertz CT molecular complexity index is 459. The Balaban J connectivity index is 2.01. The van der Waals surface area contributed by atoms with E-state index in [1.165, 1.54) is 0 Å². The van der Waals surface area contributed by atoms with Crippen LogP contribution >= 0.6 is 15.9 Å². The minimum atomic E-state index is -0.219. The molecule has 5 heteroatoms. The van der Waals surface area contributed by atoms with Gasteiger partial charge in [-0.3, -0.25) is 4.79 Å². The molecule has 0 spiro atoms. The van der Waals surface area contributed by atoms with Crippen LogP contribution in [-0.4, -0.2) is 37.0 Å². The number of amides is 1. The molecule has 1 aromatic carbocycles. The van der Waals surface area contributed by atoms with Crippen LogP contribution in [0.15, 0.2) is 22.7 Å². The minimum absolute atomic E-state index is 0.166. The molecule has 0 saturated carbocycles. The summed E-state index contributed by atoms with van der Waals surface area (Å²) < 4.78 is 6.15. The van der Waals surface area contributed by atoms with Crippen molar-refractivity contribution in [2.45, 2.75) is 25.8 Å². The summed E-state index contributed by atoms with van der Waals surface area (Å²) in [6, 6.07) is 5.51. The number of rotatable bonds is 4. The zero-order valence-corrected chi connectivity index (χ0v) is 12.9. The number of hydrogen-bond acceptors (Lipinski definition) is 3. The van der Waals surface area contributed by atoms with Crippen molar-refractivity contribution in [1.82, 2.24) is 4.90 Å². The number of carbonyl (C=O) groups excluding carboxylic acids is 1. The fraction of sp³-hybridized carbons (Fsp3) is 0.500. The lowest BCUT2D eigenvalue weighted by Gasteiger charge is -2.22. The summed E-state index contributed by atoms with van der Waals surface area (Å²) in [6.07, 6.45) is 2.23. The smallest absolute Gasteiger partial charge is 0.244 e. The highest BCUT2D eigenvalue weighted by molar-refractivity contribution is 9.10. The van der Waals surface area contributed by atoms with Gasteiger partial charge in [0.25, 0.3) is 0 Å². The highest BCUT2D eigenvalue weighted by atomic mass is 79.9. The van der Waals surface area contributed by atoms with Crippen LogP contribution in [0.4, 0.5) is 5.69 Å². The molecule has 4 nitrogen and oxygen atoms in total. The first-order valence-electron chi connectivity index (χ1n) is 6.50. The second-order valence-electron chi connectivity index (χ2n) is 4.75. The number of methoxy groups -OCH3 is 1. The minimum Gasteiger partial charge on any atom is -0.495 e. The van der Waals surface area contributed by atoms with Gasteiger partial charge < -0.3 is 15.0 Å². The van der Waals surface area contributed by atoms with E-state index in [0.717, 1.165) is 41.8 Å². The van der Waals surface area contributed by atoms with Crippen LogP contribution in [0.25, 0.3) is 0 Å². The molecule has 0 aliphatic carbocycles. The number of halogens is 1. The third-order valence-corrected chi connectivity index (χ3v) is 3.98. The summed E-state index contributed by atoms with van der Waals surface area (Å²) in [5.41, 5.74) is 0.889. The molecule has 1 atom stereocenters. The van der Waals surface area contributed by atoms with Gasteiger partial charge in [0.15, 0.2) is 0 Å². The lowest BCUT2D eigenvalue weighted by atomic mass is 10.2. The SMILES string of the molecule is COc1cc(NC(C)C(=O)N2CCCC2)ccc1Br. The van der Waals surface area contributed by atoms with Gasteiger partial charge in [-0.1, -0.05) is 0 Å². The summed E-state index contributed by atoms with van der Waals surface area (Å²) in [7, 11) is 1.63. The quantitative estimate of drug-likeness (QED) is 0.925. The number of hydrogen-bond donors (Lipinski definition) is 1. The highest BCUT2D eigenvalue weighted by Gasteiger charge is 2.23. The maximum atomic E-state index is 12.2. The Hall–Kier alpha value is -1.23. The van der Waals surface area contributed by atoms with Crippen molar-refractivity contribution in [2.75, 3.05) is 25.5 Å². The summed E-state index contributed by atoms with van der Waals surface area (Å²) >= 11 is 3.41.